The summed E-state index contributed by atoms with van der Waals surface area (Å²) in [6.07, 6.45) is 5.98. The first-order valence-corrected chi connectivity index (χ1v) is 10.3. The lowest BCUT2D eigenvalue weighted by molar-refractivity contribution is -0.111. The number of carbonyl (C=O) groups is 2. The number of nitrogens with one attached hydrogen (secondary N) is 1. The van der Waals surface area contributed by atoms with Crippen LogP contribution in [0.25, 0.3) is 6.08 Å². The zero-order chi connectivity index (χ0) is 20.1. The lowest BCUT2D eigenvalue weighted by atomic mass is 9.88. The number of fused-ring (bicyclic) bond motifs is 1. The number of thiophene rings is 1. The Morgan fingerprint density at radius 2 is 2.11 bits per heavy atom. The van der Waals surface area contributed by atoms with Crippen molar-refractivity contribution in [1.29, 1.82) is 0 Å². The monoisotopic (exact) mass is 399 g/mol. The van der Waals surface area contributed by atoms with Crippen LogP contribution in [0.5, 0.6) is 5.75 Å². The minimum atomic E-state index is -0.395. The molecule has 5 nitrogen and oxygen atoms in total. The first-order valence-electron chi connectivity index (χ1n) is 9.47. The van der Waals surface area contributed by atoms with Crippen LogP contribution in [0.3, 0.4) is 0 Å². The van der Waals surface area contributed by atoms with Crippen molar-refractivity contribution in [2.45, 2.75) is 33.1 Å². The number of ether oxygens (including phenoxy) is 2. The van der Waals surface area contributed by atoms with Crippen molar-refractivity contribution in [2.24, 2.45) is 5.92 Å². The van der Waals surface area contributed by atoms with E-state index < -0.39 is 5.97 Å². The van der Waals surface area contributed by atoms with Crippen LogP contribution >= 0.6 is 11.3 Å². The molecule has 0 saturated heterocycles. The second-order valence-corrected chi connectivity index (χ2v) is 7.95. The van der Waals surface area contributed by atoms with Gasteiger partial charge in [0.15, 0.2) is 0 Å². The molecule has 0 bridgehead atoms. The van der Waals surface area contributed by atoms with Crippen LogP contribution < -0.4 is 10.1 Å². The smallest absolute Gasteiger partial charge is 0.341 e. The molecule has 1 aliphatic carbocycles. The summed E-state index contributed by atoms with van der Waals surface area (Å²) < 4.78 is 10.5. The van der Waals surface area contributed by atoms with Gasteiger partial charge < -0.3 is 14.8 Å². The number of methoxy groups -OCH3 is 1. The number of para-hydroxylation sites is 1. The average molecular weight is 400 g/mol. The maximum atomic E-state index is 12.5. The molecular formula is C22H25NO4S. The third-order valence-corrected chi connectivity index (χ3v) is 5.94. The first kappa shape index (κ1) is 20.1. The van der Waals surface area contributed by atoms with Gasteiger partial charge in [0, 0.05) is 16.5 Å². The van der Waals surface area contributed by atoms with Crippen molar-refractivity contribution in [3.63, 3.8) is 0 Å². The minimum absolute atomic E-state index is 0.289. The minimum Gasteiger partial charge on any atom is -0.493 e. The number of hydrogen-bond donors (Lipinski definition) is 1. The lowest BCUT2D eigenvalue weighted by Crippen LogP contribution is -2.14. The number of anilines is 1. The quantitative estimate of drug-likeness (QED) is 0.564. The number of hydrogen-bond acceptors (Lipinski definition) is 5. The van der Waals surface area contributed by atoms with Crippen molar-refractivity contribution in [3.8, 4) is 5.75 Å². The molecule has 3 rings (SSSR count). The third-order valence-electron chi connectivity index (χ3n) is 4.77. The molecule has 0 fully saturated rings. The molecule has 1 atom stereocenters. The predicted molar refractivity (Wildman–Crippen MR) is 112 cm³/mol. The van der Waals surface area contributed by atoms with Gasteiger partial charge in [0.05, 0.1) is 19.3 Å². The van der Waals surface area contributed by atoms with Crippen molar-refractivity contribution < 1.29 is 19.1 Å². The Labute approximate surface area is 169 Å². The molecule has 0 radical (unpaired) electrons. The molecule has 1 aromatic heterocycles. The zero-order valence-corrected chi connectivity index (χ0v) is 17.2. The molecular weight excluding hydrogens is 374 g/mol. The Kier molecular flexibility index (Phi) is 6.52. The molecule has 1 heterocycles. The van der Waals surface area contributed by atoms with Gasteiger partial charge in [-0.2, -0.15) is 0 Å². The topological polar surface area (TPSA) is 64.6 Å². The molecule has 28 heavy (non-hydrogen) atoms. The van der Waals surface area contributed by atoms with Crippen molar-refractivity contribution >= 4 is 34.3 Å². The summed E-state index contributed by atoms with van der Waals surface area (Å²) in [6.45, 7) is 4.68. The van der Waals surface area contributed by atoms with Gasteiger partial charge in [0.1, 0.15) is 10.8 Å². The van der Waals surface area contributed by atoms with Gasteiger partial charge in [0.25, 0.3) is 0 Å². The highest BCUT2D eigenvalue weighted by atomic mass is 32.1. The van der Waals surface area contributed by atoms with Crippen LogP contribution in [-0.4, -0.2) is 25.6 Å². The Bertz CT molecular complexity index is 900. The second kappa shape index (κ2) is 9.06. The fourth-order valence-corrected chi connectivity index (χ4v) is 4.78. The standard InChI is InChI=1S/C22H25NO4S/c1-4-27-17-8-6-5-7-15(17)10-12-19(24)23-21-20(22(25)26-3)16-11-9-14(2)13-18(16)28-21/h5-8,10,12,14H,4,9,11,13H2,1-3H3,(H,23,24)/b12-10+. The zero-order valence-electron chi connectivity index (χ0n) is 16.4. The van der Waals surface area contributed by atoms with Crippen molar-refractivity contribution in [1.82, 2.24) is 0 Å². The Hall–Kier alpha value is -2.60. The SMILES string of the molecule is CCOc1ccccc1/C=C/C(=O)Nc1sc2c(c1C(=O)OC)CCC(C)C2. The fourth-order valence-electron chi connectivity index (χ4n) is 3.38. The maximum absolute atomic E-state index is 12.5. The van der Waals surface area contributed by atoms with Gasteiger partial charge in [0.2, 0.25) is 5.91 Å². The van der Waals surface area contributed by atoms with E-state index in [0.29, 0.717) is 23.1 Å². The van der Waals surface area contributed by atoms with E-state index in [1.165, 1.54) is 29.4 Å². The fraction of sp³-hybridized carbons (Fsp3) is 0.364. The van der Waals surface area contributed by atoms with E-state index in [2.05, 4.69) is 12.2 Å². The third kappa shape index (κ3) is 4.44. The molecule has 1 aliphatic rings. The number of esters is 1. The molecule has 1 N–H and O–H groups in total. The lowest BCUT2D eigenvalue weighted by Gasteiger charge is -2.18. The van der Waals surface area contributed by atoms with E-state index in [-0.39, 0.29) is 5.91 Å². The summed E-state index contributed by atoms with van der Waals surface area (Å²) in [5.41, 5.74) is 2.36. The van der Waals surface area contributed by atoms with E-state index in [9.17, 15) is 9.59 Å². The molecule has 0 saturated carbocycles. The van der Waals surface area contributed by atoms with Crippen LogP contribution in [0.2, 0.25) is 0 Å². The second-order valence-electron chi connectivity index (χ2n) is 6.84. The Morgan fingerprint density at radius 1 is 1.32 bits per heavy atom. The molecule has 1 unspecified atom stereocenters. The van der Waals surface area contributed by atoms with Crippen LogP contribution in [0.1, 0.15) is 46.6 Å². The van der Waals surface area contributed by atoms with Gasteiger partial charge in [-0.3, -0.25) is 4.79 Å². The number of amides is 1. The highest BCUT2D eigenvalue weighted by molar-refractivity contribution is 7.17. The largest absolute Gasteiger partial charge is 0.493 e. The Balaban J connectivity index is 1.82. The molecule has 0 aliphatic heterocycles. The van der Waals surface area contributed by atoms with Gasteiger partial charge in [-0.1, -0.05) is 25.1 Å². The highest BCUT2D eigenvalue weighted by Gasteiger charge is 2.28. The predicted octanol–water partition coefficient (Wildman–Crippen LogP) is 4.71. The van der Waals surface area contributed by atoms with E-state index in [1.807, 2.05) is 31.2 Å². The van der Waals surface area contributed by atoms with Crippen LogP contribution in [0.15, 0.2) is 30.3 Å². The van der Waals surface area contributed by atoms with E-state index in [0.717, 1.165) is 36.1 Å². The van der Waals surface area contributed by atoms with Gasteiger partial charge >= 0.3 is 5.97 Å². The normalized spacial score (nSPS) is 15.9. The molecule has 1 aromatic carbocycles. The maximum Gasteiger partial charge on any atom is 0.341 e. The molecule has 1 amide bonds. The average Bonchev–Trinajstić information content (AvgIpc) is 3.03. The van der Waals surface area contributed by atoms with Crippen LogP contribution in [-0.2, 0) is 22.4 Å². The number of rotatable bonds is 6. The summed E-state index contributed by atoms with van der Waals surface area (Å²) in [7, 11) is 1.37. The summed E-state index contributed by atoms with van der Waals surface area (Å²) >= 11 is 1.48. The number of carbonyl (C=O) groups excluding carboxylic acids is 2. The molecule has 148 valence electrons. The number of benzene rings is 1. The summed E-state index contributed by atoms with van der Waals surface area (Å²) in [5, 5.41) is 3.44. The summed E-state index contributed by atoms with van der Waals surface area (Å²) in [5.74, 6) is 0.621. The summed E-state index contributed by atoms with van der Waals surface area (Å²) in [4.78, 5) is 26.0. The van der Waals surface area contributed by atoms with Crippen LogP contribution in [0.4, 0.5) is 5.00 Å². The molecule has 2 aromatic rings. The Morgan fingerprint density at radius 3 is 2.86 bits per heavy atom. The highest BCUT2D eigenvalue weighted by Crippen LogP contribution is 2.40. The van der Waals surface area contributed by atoms with Gasteiger partial charge in [-0.25, -0.2) is 4.79 Å². The van der Waals surface area contributed by atoms with Crippen LogP contribution in [0, 0.1) is 5.92 Å². The van der Waals surface area contributed by atoms with Crippen molar-refractivity contribution in [2.75, 3.05) is 19.0 Å². The first-order chi connectivity index (χ1) is 13.5. The summed E-state index contributed by atoms with van der Waals surface area (Å²) in [6, 6.07) is 7.54. The van der Waals surface area contributed by atoms with Gasteiger partial charge in [-0.15, -0.1) is 11.3 Å². The van der Waals surface area contributed by atoms with E-state index in [4.69, 9.17) is 9.47 Å². The molecule has 6 heteroatoms. The van der Waals surface area contributed by atoms with Crippen molar-refractivity contribution in [3.05, 3.63) is 51.9 Å². The van der Waals surface area contributed by atoms with Gasteiger partial charge in [-0.05, 0) is 49.8 Å². The molecule has 0 spiro atoms. The van der Waals surface area contributed by atoms with E-state index in [1.54, 1.807) is 6.08 Å². The van der Waals surface area contributed by atoms with E-state index >= 15 is 0 Å².